The summed E-state index contributed by atoms with van der Waals surface area (Å²) in [6.45, 7) is 4.22. The smallest absolute Gasteiger partial charge is 0.333 e. The Kier molecular flexibility index (Phi) is 5.16. The number of ether oxygens (including phenoxy) is 2. The maximum atomic E-state index is 12.0. The highest BCUT2D eigenvalue weighted by Gasteiger charge is 2.38. The first-order chi connectivity index (χ1) is 8.57. The minimum atomic E-state index is -0.835. The second-order valence-corrected chi connectivity index (χ2v) is 4.35. The summed E-state index contributed by atoms with van der Waals surface area (Å²) in [6, 6.07) is 7.87. The van der Waals surface area contributed by atoms with Gasteiger partial charge in [-0.3, -0.25) is 0 Å². The van der Waals surface area contributed by atoms with E-state index in [1.807, 2.05) is 38.1 Å². The SMILES string of the molecule is CCC(COC)(Nc1ccc(C)cc1)C(=O)OC. The largest absolute Gasteiger partial charge is 0.467 e. The summed E-state index contributed by atoms with van der Waals surface area (Å²) >= 11 is 0. The van der Waals surface area contributed by atoms with E-state index in [4.69, 9.17) is 9.47 Å². The van der Waals surface area contributed by atoms with Crippen molar-refractivity contribution in [3.05, 3.63) is 29.8 Å². The molecule has 0 aliphatic carbocycles. The summed E-state index contributed by atoms with van der Waals surface area (Å²) in [4.78, 5) is 12.0. The lowest BCUT2D eigenvalue weighted by atomic mass is 9.96. The summed E-state index contributed by atoms with van der Waals surface area (Å²) < 4.78 is 10.0. The van der Waals surface area contributed by atoms with Gasteiger partial charge in [-0.25, -0.2) is 4.79 Å². The fourth-order valence-electron chi connectivity index (χ4n) is 1.84. The van der Waals surface area contributed by atoms with Crippen LogP contribution < -0.4 is 5.32 Å². The zero-order chi connectivity index (χ0) is 13.6. The van der Waals surface area contributed by atoms with Crippen LogP contribution in [0.2, 0.25) is 0 Å². The van der Waals surface area contributed by atoms with Crippen LogP contribution in [-0.2, 0) is 14.3 Å². The zero-order valence-electron chi connectivity index (χ0n) is 11.4. The van der Waals surface area contributed by atoms with Gasteiger partial charge in [-0.15, -0.1) is 0 Å². The van der Waals surface area contributed by atoms with Gasteiger partial charge in [-0.05, 0) is 25.5 Å². The van der Waals surface area contributed by atoms with E-state index in [0.717, 1.165) is 5.69 Å². The molecule has 0 spiro atoms. The van der Waals surface area contributed by atoms with E-state index in [1.54, 1.807) is 7.11 Å². The minimum Gasteiger partial charge on any atom is -0.467 e. The van der Waals surface area contributed by atoms with Gasteiger partial charge in [0.15, 0.2) is 5.54 Å². The van der Waals surface area contributed by atoms with Crippen LogP contribution in [0.25, 0.3) is 0 Å². The lowest BCUT2D eigenvalue weighted by Crippen LogP contribution is -2.50. The number of aryl methyl sites for hydroxylation is 1. The molecule has 0 aromatic heterocycles. The zero-order valence-corrected chi connectivity index (χ0v) is 11.4. The van der Waals surface area contributed by atoms with Crippen molar-refractivity contribution in [2.24, 2.45) is 0 Å². The van der Waals surface area contributed by atoms with Crippen molar-refractivity contribution in [1.29, 1.82) is 0 Å². The van der Waals surface area contributed by atoms with Crippen molar-refractivity contribution in [2.75, 3.05) is 26.1 Å². The van der Waals surface area contributed by atoms with E-state index < -0.39 is 5.54 Å². The van der Waals surface area contributed by atoms with Crippen molar-refractivity contribution >= 4 is 11.7 Å². The molecular formula is C14H21NO3. The van der Waals surface area contributed by atoms with Gasteiger partial charge < -0.3 is 14.8 Å². The molecule has 18 heavy (non-hydrogen) atoms. The Morgan fingerprint density at radius 1 is 1.28 bits per heavy atom. The molecule has 1 unspecified atom stereocenters. The first-order valence-electron chi connectivity index (χ1n) is 6.00. The summed E-state index contributed by atoms with van der Waals surface area (Å²) in [5.41, 5.74) is 1.22. The fraction of sp³-hybridized carbons (Fsp3) is 0.500. The monoisotopic (exact) mass is 251 g/mol. The number of methoxy groups -OCH3 is 2. The van der Waals surface area contributed by atoms with Gasteiger partial charge in [-0.2, -0.15) is 0 Å². The minimum absolute atomic E-state index is 0.268. The Labute approximate surface area is 108 Å². The van der Waals surface area contributed by atoms with Gasteiger partial charge in [-0.1, -0.05) is 24.6 Å². The third-order valence-corrected chi connectivity index (χ3v) is 3.01. The number of benzene rings is 1. The molecule has 1 atom stereocenters. The Balaban J connectivity index is 2.96. The lowest BCUT2D eigenvalue weighted by Gasteiger charge is -2.31. The molecule has 1 aromatic rings. The first kappa shape index (κ1) is 14.5. The van der Waals surface area contributed by atoms with Crippen LogP contribution in [0.4, 0.5) is 5.69 Å². The van der Waals surface area contributed by atoms with E-state index in [9.17, 15) is 4.79 Å². The van der Waals surface area contributed by atoms with Crippen molar-refractivity contribution in [3.63, 3.8) is 0 Å². The molecule has 0 heterocycles. The van der Waals surface area contributed by atoms with Crippen LogP contribution in [-0.4, -0.2) is 32.3 Å². The molecule has 0 saturated carbocycles. The average Bonchev–Trinajstić information content (AvgIpc) is 2.39. The molecule has 1 rings (SSSR count). The molecule has 0 bridgehead atoms. The number of hydrogen-bond acceptors (Lipinski definition) is 4. The molecule has 0 fully saturated rings. The highest BCUT2D eigenvalue weighted by Crippen LogP contribution is 2.21. The van der Waals surface area contributed by atoms with E-state index in [0.29, 0.717) is 6.42 Å². The summed E-state index contributed by atoms with van der Waals surface area (Å²) in [5, 5.41) is 3.22. The highest BCUT2D eigenvalue weighted by atomic mass is 16.5. The van der Waals surface area contributed by atoms with Crippen molar-refractivity contribution in [3.8, 4) is 0 Å². The number of carbonyl (C=O) groups excluding carboxylic acids is 1. The van der Waals surface area contributed by atoms with E-state index >= 15 is 0 Å². The molecule has 0 aliphatic rings. The lowest BCUT2D eigenvalue weighted by molar-refractivity contribution is -0.148. The molecule has 0 amide bonds. The van der Waals surface area contributed by atoms with Gasteiger partial charge in [0, 0.05) is 12.8 Å². The maximum absolute atomic E-state index is 12.0. The van der Waals surface area contributed by atoms with Crippen molar-refractivity contribution in [1.82, 2.24) is 0 Å². The Bertz CT molecular complexity index is 389. The third-order valence-electron chi connectivity index (χ3n) is 3.01. The van der Waals surface area contributed by atoms with Crippen LogP contribution in [0.15, 0.2) is 24.3 Å². The summed E-state index contributed by atoms with van der Waals surface area (Å²) in [6.07, 6.45) is 0.585. The van der Waals surface area contributed by atoms with Crippen molar-refractivity contribution < 1.29 is 14.3 Å². The molecule has 100 valence electrons. The van der Waals surface area contributed by atoms with Gasteiger partial charge >= 0.3 is 5.97 Å². The first-order valence-corrected chi connectivity index (χ1v) is 6.00. The molecular weight excluding hydrogens is 230 g/mol. The number of nitrogens with one attached hydrogen (secondary N) is 1. The van der Waals surface area contributed by atoms with Crippen molar-refractivity contribution in [2.45, 2.75) is 25.8 Å². The Morgan fingerprint density at radius 3 is 2.33 bits per heavy atom. The van der Waals surface area contributed by atoms with Gasteiger partial charge in [0.2, 0.25) is 0 Å². The predicted molar refractivity (Wildman–Crippen MR) is 71.7 cm³/mol. The van der Waals surface area contributed by atoms with Gasteiger partial charge in [0.25, 0.3) is 0 Å². The average molecular weight is 251 g/mol. The molecule has 0 saturated heterocycles. The second kappa shape index (κ2) is 6.40. The highest BCUT2D eigenvalue weighted by molar-refractivity contribution is 5.84. The van der Waals surface area contributed by atoms with Gasteiger partial charge in [0.1, 0.15) is 0 Å². The van der Waals surface area contributed by atoms with E-state index in [-0.39, 0.29) is 12.6 Å². The quantitative estimate of drug-likeness (QED) is 0.789. The molecule has 0 radical (unpaired) electrons. The summed E-state index contributed by atoms with van der Waals surface area (Å²) in [5.74, 6) is -0.313. The number of esters is 1. The molecule has 4 heteroatoms. The van der Waals surface area contributed by atoms with Gasteiger partial charge in [0.05, 0.1) is 13.7 Å². The predicted octanol–water partition coefficient (Wildman–Crippen LogP) is 2.38. The van der Waals surface area contributed by atoms with Crippen LogP contribution in [0.3, 0.4) is 0 Å². The Hall–Kier alpha value is -1.55. The van der Waals surface area contributed by atoms with Crippen LogP contribution in [0, 0.1) is 6.92 Å². The van der Waals surface area contributed by atoms with Crippen LogP contribution in [0.1, 0.15) is 18.9 Å². The number of carbonyl (C=O) groups is 1. The standard InChI is InChI=1S/C14H21NO3/c1-5-14(10-17-3,13(16)18-4)15-12-8-6-11(2)7-9-12/h6-9,15H,5,10H2,1-4H3. The van der Waals surface area contributed by atoms with E-state index in [1.165, 1.54) is 12.7 Å². The van der Waals surface area contributed by atoms with Crippen LogP contribution in [0.5, 0.6) is 0 Å². The maximum Gasteiger partial charge on any atom is 0.333 e. The summed E-state index contributed by atoms with van der Waals surface area (Å²) in [7, 11) is 2.96. The molecule has 0 aliphatic heterocycles. The molecule has 1 N–H and O–H groups in total. The fourth-order valence-corrected chi connectivity index (χ4v) is 1.84. The number of hydrogen-bond donors (Lipinski definition) is 1. The molecule has 4 nitrogen and oxygen atoms in total. The second-order valence-electron chi connectivity index (χ2n) is 4.35. The normalized spacial score (nSPS) is 13.8. The number of anilines is 1. The molecule has 1 aromatic carbocycles. The topological polar surface area (TPSA) is 47.6 Å². The Morgan fingerprint density at radius 2 is 1.89 bits per heavy atom. The van der Waals surface area contributed by atoms with E-state index in [2.05, 4.69) is 5.32 Å². The van der Waals surface area contributed by atoms with Crippen LogP contribution >= 0.6 is 0 Å². The number of rotatable bonds is 6. The third kappa shape index (κ3) is 3.23.